The Morgan fingerprint density at radius 1 is 1.14 bits per heavy atom. The lowest BCUT2D eigenvalue weighted by Gasteiger charge is -2.19. The number of nitrogens with zero attached hydrogens (tertiary/aromatic N) is 3. The van der Waals surface area contributed by atoms with Crippen LogP contribution in [0.5, 0.6) is 5.88 Å². The second-order valence-corrected chi connectivity index (χ2v) is 7.03. The van der Waals surface area contributed by atoms with Gasteiger partial charge in [0.25, 0.3) is 5.56 Å². The molecule has 1 aliphatic carbocycles. The molecule has 8 heteroatoms. The highest BCUT2D eigenvalue weighted by Crippen LogP contribution is 2.21. The topological polar surface area (TPSA) is 116 Å². The number of fused-ring (bicyclic) bond motifs is 1. The molecule has 0 unspecified atom stereocenters. The minimum atomic E-state index is -0.257. The average molecular weight is 397 g/mol. The average Bonchev–Trinajstić information content (AvgIpc) is 2.74. The van der Waals surface area contributed by atoms with E-state index < -0.39 is 0 Å². The summed E-state index contributed by atoms with van der Waals surface area (Å²) in [4.78, 5) is 27.2. The van der Waals surface area contributed by atoms with E-state index in [0.717, 1.165) is 5.39 Å². The van der Waals surface area contributed by atoms with Crippen LogP contribution in [0.3, 0.4) is 0 Å². The molecule has 0 bridgehead atoms. The van der Waals surface area contributed by atoms with Gasteiger partial charge in [0, 0.05) is 35.9 Å². The predicted octanol–water partition coefficient (Wildman–Crippen LogP) is 3.24. The number of aryl methyl sites for hydroxylation is 1. The molecule has 3 aromatic heterocycles. The highest BCUT2D eigenvalue weighted by atomic mass is 16.5. The van der Waals surface area contributed by atoms with Gasteiger partial charge in [-0.3, -0.25) is 4.79 Å². The van der Waals surface area contributed by atoms with Crippen LogP contribution >= 0.6 is 0 Å². The first-order valence-corrected chi connectivity index (χ1v) is 9.72. The molecule has 1 aliphatic rings. The second kappa shape index (κ2) is 9.47. The normalized spacial score (nSPS) is 14.3. The summed E-state index contributed by atoms with van der Waals surface area (Å²) in [5.41, 5.74) is 7.65. The van der Waals surface area contributed by atoms with E-state index in [1.807, 2.05) is 14.0 Å². The molecule has 1 fully saturated rings. The molecular weight excluding hydrogens is 370 g/mol. The van der Waals surface area contributed by atoms with E-state index >= 15 is 0 Å². The number of rotatable bonds is 3. The Balaban J connectivity index is 0.000000252. The number of nitrogens with one attached hydrogen (secondary N) is 1. The Labute approximate surface area is 169 Å². The number of nitrogens with two attached hydrogens (primary N) is 1. The molecule has 154 valence electrons. The Morgan fingerprint density at radius 2 is 1.90 bits per heavy atom. The fourth-order valence-corrected chi connectivity index (χ4v) is 3.43. The summed E-state index contributed by atoms with van der Waals surface area (Å²) in [6.45, 7) is 1.81. The number of H-pyrrole nitrogens is 1. The van der Waals surface area contributed by atoms with Crippen LogP contribution < -0.4 is 16.0 Å². The highest BCUT2D eigenvalue weighted by Gasteiger charge is 2.11. The van der Waals surface area contributed by atoms with Crippen LogP contribution in [0.25, 0.3) is 22.2 Å². The monoisotopic (exact) mass is 397 g/mol. The molecule has 29 heavy (non-hydrogen) atoms. The van der Waals surface area contributed by atoms with Crippen LogP contribution in [0.2, 0.25) is 0 Å². The van der Waals surface area contributed by atoms with Gasteiger partial charge in [-0.1, -0.05) is 19.3 Å². The fraction of sp³-hybridized carbons (Fsp3) is 0.429. The predicted molar refractivity (Wildman–Crippen MR) is 113 cm³/mol. The van der Waals surface area contributed by atoms with Crippen LogP contribution in [0.1, 0.15) is 37.8 Å². The van der Waals surface area contributed by atoms with E-state index in [-0.39, 0.29) is 11.5 Å². The third-order valence-electron chi connectivity index (χ3n) is 5.06. The lowest BCUT2D eigenvalue weighted by Crippen LogP contribution is -2.13. The first-order chi connectivity index (χ1) is 14.0. The molecule has 0 aliphatic heterocycles. The Bertz CT molecular complexity index is 1010. The van der Waals surface area contributed by atoms with Crippen molar-refractivity contribution >= 4 is 17.0 Å². The maximum absolute atomic E-state index is 12.2. The van der Waals surface area contributed by atoms with Gasteiger partial charge in [0.1, 0.15) is 5.65 Å². The maximum atomic E-state index is 12.2. The third-order valence-corrected chi connectivity index (χ3v) is 5.06. The third kappa shape index (κ3) is 5.08. The summed E-state index contributed by atoms with van der Waals surface area (Å²) in [5.74, 6) is 0.623. The Kier molecular flexibility index (Phi) is 6.77. The summed E-state index contributed by atoms with van der Waals surface area (Å²) >= 11 is 0. The van der Waals surface area contributed by atoms with Crippen molar-refractivity contribution in [2.75, 3.05) is 20.0 Å². The van der Waals surface area contributed by atoms with Crippen LogP contribution in [-0.4, -0.2) is 40.3 Å². The largest absolute Gasteiger partial charge is 0.481 e. The molecule has 0 atom stereocenters. The number of pyridine rings is 2. The van der Waals surface area contributed by atoms with Crippen molar-refractivity contribution in [2.45, 2.75) is 45.1 Å². The summed E-state index contributed by atoms with van der Waals surface area (Å²) in [7, 11) is 3.35. The molecule has 8 nitrogen and oxygen atoms in total. The SMILES string of the molecule is COC1CCCCC1.COc1ccc(-c2cc3c(C)nc(N)nc3[nH]c2=O)cn1. The standard InChI is InChI=1S/C14H13N5O2.C7H14O/c1-7-9-5-10(8-3-4-11(21-2)16-6-8)13(20)18-12(9)19-14(15)17-7;1-8-7-5-3-2-4-6-7/h3-6H,1-2H3,(H3,15,17,18,19,20);7H,2-6H2,1H3. The molecule has 0 saturated heterocycles. The summed E-state index contributed by atoms with van der Waals surface area (Å²) in [5, 5.41) is 0.745. The van der Waals surface area contributed by atoms with Crippen molar-refractivity contribution in [2.24, 2.45) is 0 Å². The zero-order chi connectivity index (χ0) is 20.8. The van der Waals surface area contributed by atoms with Crippen molar-refractivity contribution in [1.29, 1.82) is 0 Å². The van der Waals surface area contributed by atoms with Crippen LogP contribution in [-0.2, 0) is 4.74 Å². The van der Waals surface area contributed by atoms with E-state index in [2.05, 4.69) is 19.9 Å². The van der Waals surface area contributed by atoms with E-state index in [9.17, 15) is 4.79 Å². The van der Waals surface area contributed by atoms with Gasteiger partial charge in [0.05, 0.1) is 18.9 Å². The number of aromatic nitrogens is 4. The van der Waals surface area contributed by atoms with Gasteiger partial charge in [0.2, 0.25) is 11.8 Å². The molecule has 3 aromatic rings. The van der Waals surface area contributed by atoms with Crippen molar-refractivity contribution < 1.29 is 9.47 Å². The molecule has 3 N–H and O–H groups in total. The molecular formula is C21H27N5O3. The van der Waals surface area contributed by atoms with Gasteiger partial charge in [-0.15, -0.1) is 0 Å². The number of ether oxygens (including phenoxy) is 2. The van der Waals surface area contributed by atoms with E-state index in [0.29, 0.717) is 34.5 Å². The van der Waals surface area contributed by atoms with Crippen molar-refractivity contribution in [1.82, 2.24) is 19.9 Å². The van der Waals surface area contributed by atoms with Gasteiger partial charge in [0.15, 0.2) is 0 Å². The minimum absolute atomic E-state index is 0.134. The van der Waals surface area contributed by atoms with E-state index in [4.69, 9.17) is 15.2 Å². The molecule has 0 amide bonds. The van der Waals surface area contributed by atoms with E-state index in [1.165, 1.54) is 39.2 Å². The smallest absolute Gasteiger partial charge is 0.257 e. The highest BCUT2D eigenvalue weighted by molar-refractivity contribution is 5.83. The summed E-state index contributed by atoms with van der Waals surface area (Å²) in [6.07, 6.45) is 8.91. The Hall–Kier alpha value is -3.00. The first-order valence-electron chi connectivity index (χ1n) is 9.72. The van der Waals surface area contributed by atoms with Gasteiger partial charge < -0.3 is 20.2 Å². The van der Waals surface area contributed by atoms with Crippen LogP contribution in [0.15, 0.2) is 29.2 Å². The number of hydrogen-bond donors (Lipinski definition) is 2. The lowest BCUT2D eigenvalue weighted by molar-refractivity contribution is 0.0710. The summed E-state index contributed by atoms with van der Waals surface area (Å²) in [6, 6.07) is 5.22. The number of hydrogen-bond acceptors (Lipinski definition) is 7. The quantitative estimate of drug-likeness (QED) is 0.697. The lowest BCUT2D eigenvalue weighted by atomic mass is 9.98. The molecule has 0 spiro atoms. The first kappa shape index (κ1) is 20.7. The molecule has 3 heterocycles. The second-order valence-electron chi connectivity index (χ2n) is 7.03. The molecule has 0 radical (unpaired) electrons. The molecule has 1 saturated carbocycles. The molecule has 4 rings (SSSR count). The van der Waals surface area contributed by atoms with Gasteiger partial charge in [-0.2, -0.15) is 4.98 Å². The summed E-state index contributed by atoms with van der Waals surface area (Å²) < 4.78 is 10.2. The van der Waals surface area contributed by atoms with Crippen LogP contribution in [0, 0.1) is 6.92 Å². The van der Waals surface area contributed by atoms with Crippen molar-refractivity contribution in [3.05, 3.63) is 40.4 Å². The van der Waals surface area contributed by atoms with Gasteiger partial charge >= 0.3 is 0 Å². The fourth-order valence-electron chi connectivity index (χ4n) is 3.43. The van der Waals surface area contributed by atoms with Crippen molar-refractivity contribution in [3.63, 3.8) is 0 Å². The number of methoxy groups -OCH3 is 2. The molecule has 0 aromatic carbocycles. The number of aromatic amines is 1. The van der Waals surface area contributed by atoms with Gasteiger partial charge in [-0.05, 0) is 31.9 Å². The number of nitrogen functional groups attached to an aromatic ring is 1. The minimum Gasteiger partial charge on any atom is -0.481 e. The van der Waals surface area contributed by atoms with Crippen molar-refractivity contribution in [3.8, 4) is 17.0 Å². The Morgan fingerprint density at radius 3 is 2.48 bits per heavy atom. The van der Waals surface area contributed by atoms with E-state index in [1.54, 1.807) is 24.4 Å². The number of anilines is 1. The van der Waals surface area contributed by atoms with Crippen LogP contribution in [0.4, 0.5) is 5.95 Å². The van der Waals surface area contributed by atoms with Gasteiger partial charge in [-0.25, -0.2) is 9.97 Å². The zero-order valence-corrected chi connectivity index (χ0v) is 17.1. The maximum Gasteiger partial charge on any atom is 0.257 e. The zero-order valence-electron chi connectivity index (χ0n) is 17.1.